The Morgan fingerprint density at radius 1 is 1.17 bits per heavy atom. The molecule has 2 N–H and O–H groups in total. The number of rotatable bonds is 7. The number of anilines is 1. The number of thiazole rings is 1. The largest absolute Gasteiger partial charge is 0.487 e. The average Bonchev–Trinajstić information content (AvgIpc) is 3.16. The molecule has 3 rings (SSSR count). The first-order chi connectivity index (χ1) is 14.0. The third kappa shape index (κ3) is 6.02. The lowest BCUT2D eigenvalue weighted by molar-refractivity contribution is -0.111. The molecule has 0 atom stereocenters. The number of aryl methyl sites for hydroxylation is 1. The number of hydrogen-bond acceptors (Lipinski definition) is 5. The zero-order valence-electron chi connectivity index (χ0n) is 16.1. The van der Waals surface area contributed by atoms with Gasteiger partial charge in [0.2, 0.25) is 5.91 Å². The van der Waals surface area contributed by atoms with Gasteiger partial charge in [-0.05, 0) is 55.0 Å². The van der Waals surface area contributed by atoms with Crippen LogP contribution >= 0.6 is 11.3 Å². The molecule has 7 heteroatoms. The fraction of sp³-hybridized carbons (Fsp3) is 0.136. The molecule has 0 fully saturated rings. The summed E-state index contributed by atoms with van der Waals surface area (Å²) in [6.45, 7) is 2.37. The maximum absolute atomic E-state index is 12.1. The topological polar surface area (TPSA) is 80.3 Å². The Kier molecular flexibility index (Phi) is 6.76. The zero-order chi connectivity index (χ0) is 20.6. The van der Waals surface area contributed by atoms with Crippen LogP contribution in [0.4, 0.5) is 5.69 Å². The summed E-state index contributed by atoms with van der Waals surface area (Å²) < 4.78 is 5.77. The molecule has 0 saturated carbocycles. The molecule has 0 bridgehead atoms. The Balaban J connectivity index is 1.56. The van der Waals surface area contributed by atoms with Crippen molar-refractivity contribution in [1.82, 2.24) is 10.3 Å². The monoisotopic (exact) mass is 407 g/mol. The quantitative estimate of drug-likeness (QED) is 0.579. The molecule has 0 radical (unpaired) electrons. The highest BCUT2D eigenvalue weighted by Gasteiger charge is 2.04. The minimum atomic E-state index is -0.262. The van der Waals surface area contributed by atoms with Gasteiger partial charge in [-0.1, -0.05) is 12.1 Å². The van der Waals surface area contributed by atoms with Gasteiger partial charge in [-0.3, -0.25) is 9.59 Å². The van der Waals surface area contributed by atoms with Crippen LogP contribution in [0.1, 0.15) is 26.6 Å². The van der Waals surface area contributed by atoms with Crippen molar-refractivity contribution in [1.29, 1.82) is 0 Å². The van der Waals surface area contributed by atoms with Gasteiger partial charge in [-0.25, -0.2) is 4.98 Å². The van der Waals surface area contributed by atoms with Crippen molar-refractivity contribution < 1.29 is 14.3 Å². The normalized spacial score (nSPS) is 10.7. The van der Waals surface area contributed by atoms with Gasteiger partial charge in [0.25, 0.3) is 5.91 Å². The van der Waals surface area contributed by atoms with Gasteiger partial charge < -0.3 is 15.4 Å². The molecule has 0 aliphatic heterocycles. The lowest BCUT2D eigenvalue weighted by Gasteiger charge is -2.05. The van der Waals surface area contributed by atoms with E-state index in [1.54, 1.807) is 48.7 Å². The van der Waals surface area contributed by atoms with E-state index in [-0.39, 0.29) is 11.8 Å². The minimum absolute atomic E-state index is 0.171. The van der Waals surface area contributed by atoms with Gasteiger partial charge in [0.1, 0.15) is 12.4 Å². The Labute approximate surface area is 173 Å². The second kappa shape index (κ2) is 9.66. The van der Waals surface area contributed by atoms with Crippen molar-refractivity contribution in [3.63, 3.8) is 0 Å². The Bertz CT molecular complexity index is 1030. The first-order valence-electron chi connectivity index (χ1n) is 8.98. The van der Waals surface area contributed by atoms with Crippen LogP contribution in [0.2, 0.25) is 0 Å². The predicted molar refractivity (Wildman–Crippen MR) is 115 cm³/mol. The Morgan fingerprint density at radius 2 is 1.97 bits per heavy atom. The molecule has 0 aliphatic rings. The van der Waals surface area contributed by atoms with E-state index < -0.39 is 0 Å². The predicted octanol–water partition coefficient (Wildman–Crippen LogP) is 4.04. The number of amides is 2. The molecule has 29 heavy (non-hydrogen) atoms. The number of nitrogens with zero attached hydrogens (tertiary/aromatic N) is 1. The molecule has 0 aliphatic carbocycles. The fourth-order valence-electron chi connectivity index (χ4n) is 2.54. The van der Waals surface area contributed by atoms with Crippen molar-refractivity contribution in [3.05, 3.63) is 81.8 Å². The van der Waals surface area contributed by atoms with Gasteiger partial charge in [0.15, 0.2) is 0 Å². The summed E-state index contributed by atoms with van der Waals surface area (Å²) in [7, 11) is 1.57. The summed E-state index contributed by atoms with van der Waals surface area (Å²) in [5.41, 5.74) is 2.89. The van der Waals surface area contributed by atoms with Crippen molar-refractivity contribution in [2.75, 3.05) is 12.4 Å². The second-order valence-electron chi connectivity index (χ2n) is 6.20. The number of aromatic nitrogens is 1. The Hall–Kier alpha value is -3.45. The number of carbonyl (C=O) groups is 2. The van der Waals surface area contributed by atoms with E-state index in [2.05, 4.69) is 15.6 Å². The standard InChI is InChI=1S/C22H21N3O3S/c1-15-24-19(14-29-15)13-28-20-5-3-4-16(12-20)6-11-21(26)25-18-9-7-17(8-10-18)22(27)23-2/h3-12,14H,13H2,1-2H3,(H,23,27)(H,25,26)/b11-6+. The highest BCUT2D eigenvalue weighted by atomic mass is 32.1. The van der Waals surface area contributed by atoms with E-state index in [1.165, 1.54) is 6.08 Å². The molecule has 1 aromatic heterocycles. The van der Waals surface area contributed by atoms with E-state index in [0.29, 0.717) is 23.6 Å². The molecule has 0 saturated heterocycles. The highest BCUT2D eigenvalue weighted by molar-refractivity contribution is 7.09. The average molecular weight is 407 g/mol. The Morgan fingerprint density at radius 3 is 2.66 bits per heavy atom. The first-order valence-corrected chi connectivity index (χ1v) is 9.86. The van der Waals surface area contributed by atoms with E-state index in [1.807, 2.05) is 36.6 Å². The third-order valence-electron chi connectivity index (χ3n) is 3.98. The molecule has 2 aromatic carbocycles. The number of hydrogen-bond donors (Lipinski definition) is 2. The molecule has 148 valence electrons. The number of benzene rings is 2. The molecular weight excluding hydrogens is 386 g/mol. The lowest BCUT2D eigenvalue weighted by Crippen LogP contribution is -2.17. The fourth-order valence-corrected chi connectivity index (χ4v) is 3.14. The lowest BCUT2D eigenvalue weighted by atomic mass is 10.2. The van der Waals surface area contributed by atoms with Crippen LogP contribution in [-0.2, 0) is 11.4 Å². The first kappa shape index (κ1) is 20.3. The van der Waals surface area contributed by atoms with Gasteiger partial charge in [0.05, 0.1) is 10.7 Å². The number of nitrogens with one attached hydrogen (secondary N) is 2. The van der Waals surface area contributed by atoms with Gasteiger partial charge in [0, 0.05) is 29.8 Å². The second-order valence-corrected chi connectivity index (χ2v) is 7.26. The molecular formula is C22H21N3O3S. The number of carbonyl (C=O) groups excluding carboxylic acids is 2. The van der Waals surface area contributed by atoms with E-state index in [9.17, 15) is 9.59 Å². The van der Waals surface area contributed by atoms with Crippen molar-refractivity contribution in [2.45, 2.75) is 13.5 Å². The summed E-state index contributed by atoms with van der Waals surface area (Å²) in [5.74, 6) is 0.278. The third-order valence-corrected chi connectivity index (χ3v) is 4.80. The van der Waals surface area contributed by atoms with Crippen LogP contribution in [0.3, 0.4) is 0 Å². The molecule has 1 heterocycles. The van der Waals surface area contributed by atoms with Gasteiger partial charge in [-0.15, -0.1) is 11.3 Å². The van der Waals surface area contributed by atoms with Gasteiger partial charge >= 0.3 is 0 Å². The van der Waals surface area contributed by atoms with Crippen LogP contribution in [-0.4, -0.2) is 23.8 Å². The van der Waals surface area contributed by atoms with Crippen molar-refractivity contribution in [3.8, 4) is 5.75 Å². The van der Waals surface area contributed by atoms with Crippen molar-refractivity contribution in [2.24, 2.45) is 0 Å². The zero-order valence-corrected chi connectivity index (χ0v) is 17.0. The van der Waals surface area contributed by atoms with Crippen LogP contribution in [0.25, 0.3) is 6.08 Å². The summed E-state index contributed by atoms with van der Waals surface area (Å²) in [6, 6.07) is 14.2. The molecule has 2 amide bonds. The van der Waals surface area contributed by atoms with Crippen molar-refractivity contribution >= 4 is 34.9 Å². The maximum atomic E-state index is 12.1. The van der Waals surface area contributed by atoms with Crippen LogP contribution in [0.5, 0.6) is 5.75 Å². The minimum Gasteiger partial charge on any atom is -0.487 e. The molecule has 0 unspecified atom stereocenters. The molecule has 6 nitrogen and oxygen atoms in total. The number of ether oxygens (including phenoxy) is 1. The summed E-state index contributed by atoms with van der Waals surface area (Å²) in [5, 5.41) is 8.30. The summed E-state index contributed by atoms with van der Waals surface area (Å²) in [4.78, 5) is 28.1. The van der Waals surface area contributed by atoms with Crippen LogP contribution < -0.4 is 15.4 Å². The van der Waals surface area contributed by atoms with Gasteiger partial charge in [-0.2, -0.15) is 0 Å². The summed E-state index contributed by atoms with van der Waals surface area (Å²) >= 11 is 1.59. The highest BCUT2D eigenvalue weighted by Crippen LogP contribution is 2.17. The van der Waals surface area contributed by atoms with Crippen LogP contribution in [0.15, 0.2) is 60.0 Å². The maximum Gasteiger partial charge on any atom is 0.251 e. The van der Waals surface area contributed by atoms with E-state index in [0.717, 1.165) is 16.3 Å². The van der Waals surface area contributed by atoms with E-state index in [4.69, 9.17) is 4.74 Å². The molecule has 3 aromatic rings. The summed E-state index contributed by atoms with van der Waals surface area (Å²) in [6.07, 6.45) is 3.17. The molecule has 0 spiro atoms. The SMILES string of the molecule is CNC(=O)c1ccc(NC(=O)/C=C/c2cccc(OCc3csc(C)n3)c2)cc1. The smallest absolute Gasteiger partial charge is 0.251 e. The van der Waals surface area contributed by atoms with Crippen LogP contribution in [0, 0.1) is 6.92 Å². The van der Waals surface area contributed by atoms with E-state index >= 15 is 0 Å².